The van der Waals surface area contributed by atoms with Crippen LogP contribution in [0.1, 0.15) is 20.3 Å². The van der Waals surface area contributed by atoms with Crippen molar-refractivity contribution in [3.63, 3.8) is 0 Å². The molecule has 3 heterocycles. The summed E-state index contributed by atoms with van der Waals surface area (Å²) in [6.45, 7) is 3.66. The van der Waals surface area contributed by atoms with E-state index in [1.807, 2.05) is 13.8 Å². The zero-order valence-corrected chi connectivity index (χ0v) is 8.67. The molecule has 0 amide bonds. The SMILES string of the molecule is CC1(C)O[C@H]2[C@H]3O[C@H](CC(=O)[C@@H]3O)[C@H]2O1. The van der Waals surface area contributed by atoms with Crippen molar-refractivity contribution in [1.82, 2.24) is 0 Å². The predicted molar refractivity (Wildman–Crippen MR) is 48.1 cm³/mol. The maximum atomic E-state index is 11.4. The topological polar surface area (TPSA) is 65.0 Å². The summed E-state index contributed by atoms with van der Waals surface area (Å²) in [5, 5.41) is 9.67. The Kier molecular flexibility index (Phi) is 1.81. The lowest BCUT2D eigenvalue weighted by molar-refractivity contribution is -0.207. The van der Waals surface area contributed by atoms with E-state index in [0.717, 1.165) is 0 Å². The van der Waals surface area contributed by atoms with Crippen LogP contribution in [0.25, 0.3) is 0 Å². The Hall–Kier alpha value is -0.490. The first kappa shape index (κ1) is 9.72. The molecule has 0 aromatic heterocycles. The van der Waals surface area contributed by atoms with Crippen LogP contribution < -0.4 is 0 Å². The molecule has 15 heavy (non-hydrogen) atoms. The molecule has 0 unspecified atom stereocenters. The van der Waals surface area contributed by atoms with Crippen molar-refractivity contribution in [1.29, 1.82) is 0 Å². The summed E-state index contributed by atoms with van der Waals surface area (Å²) in [6.07, 6.45) is -2.18. The van der Waals surface area contributed by atoms with Crippen molar-refractivity contribution in [3.05, 3.63) is 0 Å². The molecule has 2 bridgehead atoms. The van der Waals surface area contributed by atoms with Gasteiger partial charge in [0, 0.05) is 6.42 Å². The maximum absolute atomic E-state index is 11.4. The highest BCUT2D eigenvalue weighted by Gasteiger charge is 2.60. The number of ketones is 1. The average Bonchev–Trinajstić information content (AvgIpc) is 2.57. The first-order valence-electron chi connectivity index (χ1n) is 5.20. The molecule has 3 aliphatic rings. The maximum Gasteiger partial charge on any atom is 0.166 e. The third kappa shape index (κ3) is 1.27. The van der Waals surface area contributed by atoms with Gasteiger partial charge in [-0.2, -0.15) is 0 Å². The smallest absolute Gasteiger partial charge is 0.166 e. The first-order valence-corrected chi connectivity index (χ1v) is 5.20. The monoisotopic (exact) mass is 214 g/mol. The number of carbonyl (C=O) groups excluding carboxylic acids is 1. The molecule has 0 aromatic carbocycles. The lowest BCUT2D eigenvalue weighted by Crippen LogP contribution is -2.45. The third-order valence-electron chi connectivity index (χ3n) is 3.23. The number of fused-ring (bicyclic) bond motifs is 5. The van der Waals surface area contributed by atoms with Crippen molar-refractivity contribution >= 4 is 5.78 Å². The van der Waals surface area contributed by atoms with Gasteiger partial charge in [-0.25, -0.2) is 0 Å². The van der Waals surface area contributed by atoms with Gasteiger partial charge in [-0.05, 0) is 13.8 Å². The Labute approximate surface area is 87.3 Å². The van der Waals surface area contributed by atoms with Crippen molar-refractivity contribution < 1.29 is 24.1 Å². The molecular formula is C10H14O5. The minimum atomic E-state index is -1.06. The molecule has 0 aliphatic carbocycles. The van der Waals surface area contributed by atoms with Crippen LogP contribution in [0, 0.1) is 0 Å². The molecule has 5 heteroatoms. The standard InChI is InChI=1S/C10H14O5/c1-10(2)14-7-5-3-4(11)6(12)8(13-5)9(7)15-10/h5-9,12H,3H2,1-2H3/t5-,6+,7-,8+,9-/m1/s1. The fourth-order valence-corrected chi connectivity index (χ4v) is 2.64. The minimum absolute atomic E-state index is 0.171. The molecule has 0 radical (unpaired) electrons. The van der Waals surface area contributed by atoms with Crippen LogP contribution in [0.3, 0.4) is 0 Å². The zero-order chi connectivity index (χ0) is 10.8. The summed E-state index contributed by atoms with van der Waals surface area (Å²) in [6, 6.07) is 0. The van der Waals surface area contributed by atoms with Crippen molar-refractivity contribution in [2.45, 2.75) is 56.6 Å². The van der Waals surface area contributed by atoms with E-state index in [1.54, 1.807) is 0 Å². The second-order valence-corrected chi connectivity index (χ2v) is 4.82. The molecule has 0 spiro atoms. The highest BCUT2D eigenvalue weighted by Crippen LogP contribution is 2.43. The van der Waals surface area contributed by atoms with Crippen LogP contribution >= 0.6 is 0 Å². The quantitative estimate of drug-likeness (QED) is 0.594. The Bertz CT molecular complexity index is 313. The summed E-state index contributed by atoms with van der Waals surface area (Å²) in [7, 11) is 0. The number of ether oxygens (including phenoxy) is 3. The number of carbonyl (C=O) groups is 1. The Morgan fingerprint density at radius 2 is 1.93 bits per heavy atom. The van der Waals surface area contributed by atoms with Crippen LogP contribution in [0.15, 0.2) is 0 Å². The van der Waals surface area contributed by atoms with Gasteiger partial charge in [0.25, 0.3) is 0 Å². The van der Waals surface area contributed by atoms with Crippen LogP contribution in [0.2, 0.25) is 0 Å². The van der Waals surface area contributed by atoms with E-state index in [4.69, 9.17) is 14.2 Å². The first-order chi connectivity index (χ1) is 6.98. The van der Waals surface area contributed by atoms with Gasteiger partial charge in [0.1, 0.15) is 24.4 Å². The lowest BCUT2D eigenvalue weighted by atomic mass is 10.1. The number of aliphatic hydroxyl groups is 1. The lowest BCUT2D eigenvalue weighted by Gasteiger charge is -2.29. The Morgan fingerprint density at radius 1 is 1.27 bits per heavy atom. The van der Waals surface area contributed by atoms with Crippen LogP contribution in [0.4, 0.5) is 0 Å². The fourth-order valence-electron chi connectivity index (χ4n) is 2.64. The summed E-state index contributed by atoms with van der Waals surface area (Å²) in [5.74, 6) is -0.814. The Balaban J connectivity index is 1.90. The normalized spacial score (nSPS) is 51.9. The summed E-state index contributed by atoms with van der Waals surface area (Å²) in [4.78, 5) is 11.4. The average molecular weight is 214 g/mol. The molecule has 84 valence electrons. The van der Waals surface area contributed by atoms with E-state index in [2.05, 4.69) is 0 Å². The minimum Gasteiger partial charge on any atom is -0.382 e. The second kappa shape index (κ2) is 2.79. The second-order valence-electron chi connectivity index (χ2n) is 4.82. The Morgan fingerprint density at radius 3 is 2.67 bits per heavy atom. The molecule has 3 saturated heterocycles. The van der Waals surface area contributed by atoms with Gasteiger partial charge in [0.05, 0.1) is 6.10 Å². The summed E-state index contributed by atoms with van der Waals surface area (Å²) >= 11 is 0. The molecular weight excluding hydrogens is 200 g/mol. The number of rotatable bonds is 0. The van der Waals surface area contributed by atoms with E-state index < -0.39 is 18.0 Å². The number of hydrogen-bond acceptors (Lipinski definition) is 5. The molecule has 3 aliphatic heterocycles. The highest BCUT2D eigenvalue weighted by atomic mass is 16.8. The predicted octanol–water partition coefficient (Wildman–Crippen LogP) is -0.392. The van der Waals surface area contributed by atoms with E-state index >= 15 is 0 Å². The molecule has 5 atom stereocenters. The van der Waals surface area contributed by atoms with E-state index in [9.17, 15) is 9.90 Å². The largest absolute Gasteiger partial charge is 0.382 e. The third-order valence-corrected chi connectivity index (χ3v) is 3.23. The van der Waals surface area contributed by atoms with Crippen molar-refractivity contribution in [3.8, 4) is 0 Å². The van der Waals surface area contributed by atoms with Gasteiger partial charge in [-0.15, -0.1) is 0 Å². The summed E-state index contributed by atoms with van der Waals surface area (Å²) < 4.78 is 16.8. The number of Topliss-reactive ketones (excluding diaryl/α,β-unsaturated/α-hetero) is 1. The van der Waals surface area contributed by atoms with Crippen LogP contribution in [-0.2, 0) is 19.0 Å². The van der Waals surface area contributed by atoms with Gasteiger partial charge in [0.2, 0.25) is 0 Å². The van der Waals surface area contributed by atoms with Gasteiger partial charge < -0.3 is 19.3 Å². The molecule has 1 N–H and O–H groups in total. The van der Waals surface area contributed by atoms with Crippen molar-refractivity contribution in [2.24, 2.45) is 0 Å². The molecule has 0 saturated carbocycles. The van der Waals surface area contributed by atoms with E-state index in [0.29, 0.717) is 0 Å². The summed E-state index contributed by atoms with van der Waals surface area (Å²) in [5.41, 5.74) is 0. The van der Waals surface area contributed by atoms with Gasteiger partial charge in [-0.1, -0.05) is 0 Å². The van der Waals surface area contributed by atoms with Gasteiger partial charge >= 0.3 is 0 Å². The van der Waals surface area contributed by atoms with Gasteiger partial charge in [-0.3, -0.25) is 4.79 Å². The molecule has 5 nitrogen and oxygen atoms in total. The van der Waals surface area contributed by atoms with Crippen LogP contribution in [0.5, 0.6) is 0 Å². The van der Waals surface area contributed by atoms with E-state index in [1.165, 1.54) is 0 Å². The molecule has 0 aromatic rings. The van der Waals surface area contributed by atoms with Crippen LogP contribution in [-0.4, -0.2) is 47.2 Å². The van der Waals surface area contributed by atoms with Crippen molar-refractivity contribution in [2.75, 3.05) is 0 Å². The number of hydrogen-bond donors (Lipinski definition) is 1. The zero-order valence-electron chi connectivity index (χ0n) is 8.67. The molecule has 3 rings (SSSR count). The van der Waals surface area contributed by atoms with Gasteiger partial charge in [0.15, 0.2) is 11.6 Å². The number of aliphatic hydroxyl groups excluding tert-OH is 1. The van der Waals surface area contributed by atoms with E-state index in [-0.39, 0.29) is 30.5 Å². The molecule has 3 fully saturated rings. The fraction of sp³-hybridized carbons (Fsp3) is 0.900. The highest BCUT2D eigenvalue weighted by molar-refractivity contribution is 5.85.